The molecule has 2 rings (SSSR count). The molecule has 0 bridgehead atoms. The van der Waals surface area contributed by atoms with Gasteiger partial charge in [-0.05, 0) is 49.4 Å². The van der Waals surface area contributed by atoms with Crippen molar-refractivity contribution in [2.75, 3.05) is 19.0 Å². The first-order chi connectivity index (χ1) is 7.40. The van der Waals surface area contributed by atoms with E-state index in [1.807, 2.05) is 6.07 Å². The van der Waals surface area contributed by atoms with Gasteiger partial charge in [-0.3, -0.25) is 0 Å². The van der Waals surface area contributed by atoms with Crippen LogP contribution >= 0.6 is 0 Å². The summed E-state index contributed by atoms with van der Waals surface area (Å²) in [6.07, 6.45) is 4.75. The maximum Gasteiger partial charge on any atom is 0.0463 e. The highest BCUT2D eigenvalue weighted by atomic mass is 16.5. The molecule has 1 aromatic carbocycles. The lowest BCUT2D eigenvalue weighted by Gasteiger charge is -2.26. The van der Waals surface area contributed by atoms with E-state index in [0.717, 1.165) is 13.0 Å². The summed E-state index contributed by atoms with van der Waals surface area (Å²) in [5, 5.41) is 3.58. The standard InChI is InChI=1S/C13H18NO/c1-15-10-4-6-12-9-8-11-5-2-3-7-13(11)14-12/h3,5,7,12,14H,4,6,8-10H2,1H3. The summed E-state index contributed by atoms with van der Waals surface area (Å²) < 4.78 is 5.07. The summed E-state index contributed by atoms with van der Waals surface area (Å²) in [5.41, 5.74) is 2.70. The highest BCUT2D eigenvalue weighted by Gasteiger charge is 2.16. The van der Waals surface area contributed by atoms with Gasteiger partial charge in [-0.25, -0.2) is 0 Å². The number of fused-ring (bicyclic) bond motifs is 1. The van der Waals surface area contributed by atoms with Gasteiger partial charge < -0.3 is 10.1 Å². The van der Waals surface area contributed by atoms with Crippen LogP contribution in [0.1, 0.15) is 24.8 Å². The lowest BCUT2D eigenvalue weighted by atomic mass is 9.95. The molecule has 1 aliphatic heterocycles. The van der Waals surface area contributed by atoms with Gasteiger partial charge in [0.1, 0.15) is 0 Å². The van der Waals surface area contributed by atoms with Crippen molar-refractivity contribution in [3.05, 3.63) is 29.8 Å². The molecule has 1 aromatic rings. The molecule has 1 radical (unpaired) electrons. The molecule has 0 aromatic heterocycles. The molecule has 1 N–H and O–H groups in total. The Morgan fingerprint density at radius 1 is 1.60 bits per heavy atom. The fourth-order valence-electron chi connectivity index (χ4n) is 2.12. The zero-order chi connectivity index (χ0) is 10.5. The van der Waals surface area contributed by atoms with Crippen LogP contribution in [0.3, 0.4) is 0 Å². The van der Waals surface area contributed by atoms with Crippen molar-refractivity contribution in [2.24, 2.45) is 0 Å². The maximum atomic E-state index is 5.07. The highest BCUT2D eigenvalue weighted by Crippen LogP contribution is 2.25. The summed E-state index contributed by atoms with van der Waals surface area (Å²) >= 11 is 0. The fourth-order valence-corrected chi connectivity index (χ4v) is 2.12. The van der Waals surface area contributed by atoms with Crippen LogP contribution in [-0.2, 0) is 11.2 Å². The molecule has 2 heteroatoms. The van der Waals surface area contributed by atoms with Crippen molar-refractivity contribution >= 4 is 5.69 Å². The van der Waals surface area contributed by atoms with E-state index in [4.69, 9.17) is 4.74 Å². The zero-order valence-corrected chi connectivity index (χ0v) is 9.25. The summed E-state index contributed by atoms with van der Waals surface area (Å²) in [5.74, 6) is 0. The second-order valence-electron chi connectivity index (χ2n) is 4.10. The second kappa shape index (κ2) is 5.17. The van der Waals surface area contributed by atoms with Gasteiger partial charge in [0.05, 0.1) is 0 Å². The fraction of sp³-hybridized carbons (Fsp3) is 0.538. The van der Waals surface area contributed by atoms with E-state index in [9.17, 15) is 0 Å². The molecule has 0 spiro atoms. The van der Waals surface area contributed by atoms with Crippen molar-refractivity contribution < 1.29 is 4.74 Å². The third kappa shape index (κ3) is 2.72. The van der Waals surface area contributed by atoms with E-state index >= 15 is 0 Å². The first-order valence-corrected chi connectivity index (χ1v) is 5.64. The number of benzene rings is 1. The molecular weight excluding hydrogens is 186 g/mol. The first-order valence-electron chi connectivity index (χ1n) is 5.64. The largest absolute Gasteiger partial charge is 0.385 e. The van der Waals surface area contributed by atoms with E-state index in [-0.39, 0.29) is 0 Å². The minimum absolute atomic E-state index is 0.620. The molecule has 81 valence electrons. The lowest BCUT2D eigenvalue weighted by Crippen LogP contribution is -2.25. The van der Waals surface area contributed by atoms with E-state index < -0.39 is 0 Å². The Bertz CT molecular complexity index is 311. The summed E-state index contributed by atoms with van der Waals surface area (Å²) in [7, 11) is 1.76. The van der Waals surface area contributed by atoms with E-state index in [2.05, 4.69) is 23.5 Å². The average Bonchev–Trinajstić information content (AvgIpc) is 2.29. The van der Waals surface area contributed by atoms with Crippen molar-refractivity contribution in [1.29, 1.82) is 0 Å². The van der Waals surface area contributed by atoms with E-state index in [1.165, 1.54) is 30.5 Å². The summed E-state index contributed by atoms with van der Waals surface area (Å²) in [4.78, 5) is 0. The van der Waals surface area contributed by atoms with Gasteiger partial charge in [0.25, 0.3) is 0 Å². The lowest BCUT2D eigenvalue weighted by molar-refractivity contribution is 0.190. The Hall–Kier alpha value is -1.02. The number of anilines is 1. The molecular formula is C13H18NO. The minimum atomic E-state index is 0.620. The van der Waals surface area contributed by atoms with Crippen molar-refractivity contribution in [1.82, 2.24) is 0 Å². The zero-order valence-electron chi connectivity index (χ0n) is 9.25. The Kier molecular flexibility index (Phi) is 3.62. The molecule has 1 unspecified atom stereocenters. The van der Waals surface area contributed by atoms with E-state index in [1.54, 1.807) is 7.11 Å². The van der Waals surface area contributed by atoms with Crippen LogP contribution in [0, 0.1) is 6.07 Å². The van der Waals surface area contributed by atoms with Crippen LogP contribution in [-0.4, -0.2) is 19.8 Å². The van der Waals surface area contributed by atoms with Crippen molar-refractivity contribution in [3.8, 4) is 0 Å². The molecule has 2 nitrogen and oxygen atoms in total. The Labute approximate surface area is 91.6 Å². The molecule has 0 fully saturated rings. The summed E-state index contributed by atoms with van der Waals surface area (Å²) in [6, 6.07) is 9.94. The minimum Gasteiger partial charge on any atom is -0.385 e. The van der Waals surface area contributed by atoms with Crippen LogP contribution in [0.4, 0.5) is 5.69 Å². The van der Waals surface area contributed by atoms with Gasteiger partial charge in [-0.15, -0.1) is 0 Å². The third-order valence-corrected chi connectivity index (χ3v) is 2.97. The van der Waals surface area contributed by atoms with Crippen LogP contribution in [0.25, 0.3) is 0 Å². The molecule has 1 heterocycles. The number of hydrogen-bond acceptors (Lipinski definition) is 2. The average molecular weight is 204 g/mol. The smallest absolute Gasteiger partial charge is 0.0463 e. The first kappa shape index (κ1) is 10.5. The van der Waals surface area contributed by atoms with Gasteiger partial charge in [-0.2, -0.15) is 0 Å². The van der Waals surface area contributed by atoms with Crippen LogP contribution in [0.15, 0.2) is 18.2 Å². The summed E-state index contributed by atoms with van der Waals surface area (Å²) in [6.45, 7) is 0.869. The highest BCUT2D eigenvalue weighted by molar-refractivity contribution is 5.53. The third-order valence-electron chi connectivity index (χ3n) is 2.97. The van der Waals surface area contributed by atoms with Gasteiger partial charge in [-0.1, -0.05) is 6.07 Å². The van der Waals surface area contributed by atoms with Gasteiger partial charge in [0.15, 0.2) is 0 Å². The van der Waals surface area contributed by atoms with Crippen LogP contribution < -0.4 is 5.32 Å². The Balaban J connectivity index is 1.88. The molecule has 0 saturated carbocycles. The van der Waals surface area contributed by atoms with Crippen LogP contribution in [0.5, 0.6) is 0 Å². The number of rotatable bonds is 4. The monoisotopic (exact) mass is 204 g/mol. The van der Waals surface area contributed by atoms with Crippen LogP contribution in [0.2, 0.25) is 0 Å². The molecule has 0 aliphatic carbocycles. The Morgan fingerprint density at radius 3 is 3.40 bits per heavy atom. The van der Waals surface area contributed by atoms with Crippen molar-refractivity contribution in [3.63, 3.8) is 0 Å². The number of hydrogen-bond donors (Lipinski definition) is 1. The van der Waals surface area contributed by atoms with Crippen molar-refractivity contribution in [2.45, 2.75) is 31.7 Å². The van der Waals surface area contributed by atoms with Gasteiger partial charge >= 0.3 is 0 Å². The number of methoxy groups -OCH3 is 1. The SMILES string of the molecule is COCCCC1CCc2c[c]ccc2N1. The quantitative estimate of drug-likeness (QED) is 0.761. The Morgan fingerprint density at radius 2 is 2.53 bits per heavy atom. The molecule has 0 saturated heterocycles. The molecule has 15 heavy (non-hydrogen) atoms. The predicted octanol–water partition coefficient (Wildman–Crippen LogP) is 2.64. The van der Waals surface area contributed by atoms with E-state index in [0.29, 0.717) is 6.04 Å². The number of aryl methyl sites for hydroxylation is 1. The molecule has 1 aliphatic rings. The normalized spacial score (nSPS) is 19.4. The topological polar surface area (TPSA) is 21.3 Å². The number of ether oxygens (including phenoxy) is 1. The maximum absolute atomic E-state index is 5.07. The molecule has 0 amide bonds. The predicted molar refractivity (Wildman–Crippen MR) is 62.1 cm³/mol. The number of nitrogens with one attached hydrogen (secondary N) is 1. The second-order valence-corrected chi connectivity index (χ2v) is 4.10. The van der Waals surface area contributed by atoms with Gasteiger partial charge in [0.2, 0.25) is 0 Å². The van der Waals surface area contributed by atoms with Gasteiger partial charge in [0, 0.05) is 25.4 Å². The molecule has 1 atom stereocenters.